The van der Waals surface area contributed by atoms with E-state index in [-0.39, 0.29) is 11.3 Å². The Labute approximate surface area is 102 Å². The third-order valence-electron chi connectivity index (χ3n) is 2.14. The van der Waals surface area contributed by atoms with Crippen molar-refractivity contribution >= 4 is 17.8 Å². The molecule has 5 N–H and O–H groups in total. The number of aromatic hydroxyl groups is 1. The zero-order valence-electron chi connectivity index (χ0n) is 9.29. The van der Waals surface area contributed by atoms with Crippen LogP contribution in [-0.2, 0) is 9.59 Å². The normalized spacial score (nSPS) is 11.6. The van der Waals surface area contributed by atoms with Gasteiger partial charge in [-0.15, -0.1) is 0 Å². The molecule has 0 aromatic heterocycles. The number of amides is 2. The SMILES string of the molecule is NC(=O)C[C@@H](NC(=O)c1ccc(O)cc1)C(=O)O. The molecule has 0 aliphatic heterocycles. The second-order valence-electron chi connectivity index (χ2n) is 3.58. The first kappa shape index (κ1) is 13.5. The van der Waals surface area contributed by atoms with E-state index >= 15 is 0 Å². The Balaban J connectivity index is 2.75. The van der Waals surface area contributed by atoms with E-state index in [2.05, 4.69) is 5.32 Å². The molecule has 0 heterocycles. The third kappa shape index (κ3) is 3.78. The minimum absolute atomic E-state index is 0.0153. The fourth-order valence-corrected chi connectivity index (χ4v) is 1.26. The van der Waals surface area contributed by atoms with Gasteiger partial charge in [-0.05, 0) is 24.3 Å². The summed E-state index contributed by atoms with van der Waals surface area (Å²) in [7, 11) is 0. The highest BCUT2D eigenvalue weighted by atomic mass is 16.4. The molecule has 0 saturated heterocycles. The number of carboxylic acids is 1. The van der Waals surface area contributed by atoms with E-state index in [0.717, 1.165) is 0 Å². The number of hydrogen-bond donors (Lipinski definition) is 4. The minimum Gasteiger partial charge on any atom is -0.508 e. The lowest BCUT2D eigenvalue weighted by molar-refractivity contribution is -0.140. The molecule has 0 fully saturated rings. The molecule has 7 nitrogen and oxygen atoms in total. The van der Waals surface area contributed by atoms with Gasteiger partial charge in [-0.1, -0.05) is 0 Å². The topological polar surface area (TPSA) is 130 Å². The van der Waals surface area contributed by atoms with Gasteiger partial charge < -0.3 is 21.3 Å². The zero-order chi connectivity index (χ0) is 13.7. The van der Waals surface area contributed by atoms with Crippen LogP contribution in [-0.4, -0.2) is 34.0 Å². The lowest BCUT2D eigenvalue weighted by Crippen LogP contribution is -2.43. The minimum atomic E-state index is -1.37. The van der Waals surface area contributed by atoms with Gasteiger partial charge in [0.05, 0.1) is 6.42 Å². The number of phenolic OH excluding ortho intramolecular Hbond substituents is 1. The molecule has 0 bridgehead atoms. The number of benzene rings is 1. The molecule has 0 unspecified atom stereocenters. The Hall–Kier alpha value is -2.57. The number of carbonyl (C=O) groups excluding carboxylic acids is 2. The molecule has 1 aromatic rings. The van der Waals surface area contributed by atoms with E-state index in [4.69, 9.17) is 15.9 Å². The number of rotatable bonds is 5. The van der Waals surface area contributed by atoms with E-state index < -0.39 is 30.2 Å². The summed E-state index contributed by atoms with van der Waals surface area (Å²) in [6.07, 6.45) is -0.487. The van der Waals surface area contributed by atoms with E-state index in [1.807, 2.05) is 0 Å². The van der Waals surface area contributed by atoms with Crippen molar-refractivity contribution in [3.05, 3.63) is 29.8 Å². The van der Waals surface area contributed by atoms with Crippen molar-refractivity contribution in [2.75, 3.05) is 0 Å². The number of primary amides is 1. The summed E-state index contributed by atoms with van der Waals surface area (Å²) >= 11 is 0. The predicted octanol–water partition coefficient (Wildman–Crippen LogP) is -0.549. The van der Waals surface area contributed by atoms with E-state index in [0.29, 0.717) is 0 Å². The second kappa shape index (κ2) is 5.67. The number of aliphatic carboxylic acids is 1. The molecule has 96 valence electrons. The Morgan fingerprint density at radius 3 is 2.22 bits per heavy atom. The maximum Gasteiger partial charge on any atom is 0.326 e. The summed E-state index contributed by atoms with van der Waals surface area (Å²) in [5, 5.41) is 20.0. The lowest BCUT2D eigenvalue weighted by Gasteiger charge is -2.12. The smallest absolute Gasteiger partial charge is 0.326 e. The summed E-state index contributed by atoms with van der Waals surface area (Å²) < 4.78 is 0. The van der Waals surface area contributed by atoms with Crippen molar-refractivity contribution in [3.8, 4) is 5.75 Å². The van der Waals surface area contributed by atoms with Crippen LogP contribution >= 0.6 is 0 Å². The van der Waals surface area contributed by atoms with E-state index in [9.17, 15) is 14.4 Å². The van der Waals surface area contributed by atoms with Crippen LogP contribution in [0.4, 0.5) is 0 Å². The molecule has 0 saturated carbocycles. The standard InChI is InChI=1S/C11H12N2O5/c12-9(15)5-8(11(17)18)13-10(16)6-1-3-7(14)4-2-6/h1-4,8,14H,5H2,(H2,12,15)(H,13,16)(H,17,18)/t8-/m1/s1. The van der Waals surface area contributed by atoms with Crippen molar-refractivity contribution in [1.29, 1.82) is 0 Å². The number of phenols is 1. The molecule has 1 rings (SSSR count). The van der Waals surface area contributed by atoms with Crippen LogP contribution in [0.15, 0.2) is 24.3 Å². The summed E-state index contributed by atoms with van der Waals surface area (Å²) in [5.41, 5.74) is 5.05. The fourth-order valence-electron chi connectivity index (χ4n) is 1.26. The average Bonchev–Trinajstić information content (AvgIpc) is 2.28. The first-order chi connectivity index (χ1) is 8.40. The van der Waals surface area contributed by atoms with Crippen LogP contribution in [0, 0.1) is 0 Å². The highest BCUT2D eigenvalue weighted by Crippen LogP contribution is 2.09. The van der Waals surface area contributed by atoms with Crippen LogP contribution in [0.5, 0.6) is 5.75 Å². The van der Waals surface area contributed by atoms with Crippen molar-refractivity contribution in [3.63, 3.8) is 0 Å². The van der Waals surface area contributed by atoms with Crippen molar-refractivity contribution in [2.45, 2.75) is 12.5 Å². The Kier molecular flexibility index (Phi) is 4.25. The number of hydrogen-bond acceptors (Lipinski definition) is 4. The van der Waals surface area contributed by atoms with E-state index in [1.165, 1.54) is 24.3 Å². The predicted molar refractivity (Wildman–Crippen MR) is 60.8 cm³/mol. The van der Waals surface area contributed by atoms with E-state index in [1.54, 1.807) is 0 Å². The molecule has 18 heavy (non-hydrogen) atoms. The first-order valence-corrected chi connectivity index (χ1v) is 5.01. The van der Waals surface area contributed by atoms with Crippen molar-refractivity contribution in [2.24, 2.45) is 5.73 Å². The molecule has 7 heteroatoms. The summed E-state index contributed by atoms with van der Waals surface area (Å²) in [6, 6.07) is 3.86. The number of carboxylic acid groups (broad SMARTS) is 1. The maximum absolute atomic E-state index is 11.6. The molecule has 0 spiro atoms. The summed E-state index contributed by atoms with van der Waals surface area (Å²) in [6.45, 7) is 0. The molecule has 1 aromatic carbocycles. The van der Waals surface area contributed by atoms with Gasteiger partial charge in [0.2, 0.25) is 5.91 Å². The van der Waals surface area contributed by atoms with Gasteiger partial charge in [-0.25, -0.2) is 4.79 Å². The zero-order valence-corrected chi connectivity index (χ0v) is 9.29. The molecule has 0 aliphatic rings. The van der Waals surface area contributed by atoms with Gasteiger partial charge in [0, 0.05) is 5.56 Å². The molecule has 1 atom stereocenters. The Morgan fingerprint density at radius 1 is 1.22 bits per heavy atom. The number of nitrogens with two attached hydrogens (primary N) is 1. The molecular weight excluding hydrogens is 240 g/mol. The fraction of sp³-hybridized carbons (Fsp3) is 0.182. The average molecular weight is 252 g/mol. The Bertz CT molecular complexity index is 469. The monoisotopic (exact) mass is 252 g/mol. The summed E-state index contributed by atoms with van der Waals surface area (Å²) in [4.78, 5) is 33.1. The maximum atomic E-state index is 11.6. The molecule has 2 amide bonds. The summed E-state index contributed by atoms with van der Waals surface area (Å²) in [5.74, 6) is -2.85. The van der Waals surface area contributed by atoms with Crippen molar-refractivity contribution < 1.29 is 24.6 Å². The number of nitrogens with one attached hydrogen (secondary N) is 1. The second-order valence-corrected chi connectivity index (χ2v) is 3.58. The van der Waals surface area contributed by atoms with Gasteiger partial charge in [0.15, 0.2) is 0 Å². The molecule has 0 radical (unpaired) electrons. The van der Waals surface area contributed by atoms with Gasteiger partial charge in [0.1, 0.15) is 11.8 Å². The molecule has 0 aliphatic carbocycles. The van der Waals surface area contributed by atoms with Crippen LogP contribution in [0.2, 0.25) is 0 Å². The quantitative estimate of drug-likeness (QED) is 0.558. The van der Waals surface area contributed by atoms with Crippen LogP contribution in [0.25, 0.3) is 0 Å². The van der Waals surface area contributed by atoms with Crippen LogP contribution < -0.4 is 11.1 Å². The van der Waals surface area contributed by atoms with Gasteiger partial charge >= 0.3 is 5.97 Å². The largest absolute Gasteiger partial charge is 0.508 e. The third-order valence-corrected chi connectivity index (χ3v) is 2.14. The Morgan fingerprint density at radius 2 is 1.78 bits per heavy atom. The highest BCUT2D eigenvalue weighted by Gasteiger charge is 2.22. The first-order valence-electron chi connectivity index (χ1n) is 5.01. The van der Waals surface area contributed by atoms with Gasteiger partial charge in [-0.3, -0.25) is 9.59 Å². The molecular formula is C11H12N2O5. The number of carbonyl (C=O) groups is 3. The highest BCUT2D eigenvalue weighted by molar-refractivity contribution is 5.97. The van der Waals surface area contributed by atoms with Gasteiger partial charge in [-0.2, -0.15) is 0 Å². The van der Waals surface area contributed by atoms with Gasteiger partial charge in [0.25, 0.3) is 5.91 Å². The lowest BCUT2D eigenvalue weighted by atomic mass is 10.1. The van der Waals surface area contributed by atoms with Crippen LogP contribution in [0.1, 0.15) is 16.8 Å². The van der Waals surface area contributed by atoms with Crippen LogP contribution in [0.3, 0.4) is 0 Å². The van der Waals surface area contributed by atoms with Crippen molar-refractivity contribution in [1.82, 2.24) is 5.32 Å².